The van der Waals surface area contributed by atoms with Gasteiger partial charge in [0.2, 0.25) is 0 Å². The van der Waals surface area contributed by atoms with Gasteiger partial charge in [0.1, 0.15) is 30.1 Å². The van der Waals surface area contributed by atoms with Gasteiger partial charge in [-0.1, -0.05) is 57.2 Å². The van der Waals surface area contributed by atoms with Crippen LogP contribution in [0.2, 0.25) is 5.02 Å². The number of esters is 1. The molecule has 2 aromatic rings. The van der Waals surface area contributed by atoms with E-state index in [9.17, 15) is 14.9 Å². The molecule has 43 heavy (non-hydrogen) atoms. The van der Waals surface area contributed by atoms with Crippen molar-refractivity contribution in [3.63, 3.8) is 0 Å². The molecule has 1 amide bonds. The third kappa shape index (κ3) is 7.18. The number of fused-ring (bicyclic) bond motifs is 1. The van der Waals surface area contributed by atoms with E-state index in [1.807, 2.05) is 43.9 Å². The highest BCUT2D eigenvalue weighted by Gasteiger charge is 2.67. The fraction of sp³-hybridized carbons (Fsp3) is 0.514. The number of carbonyl (C=O) groups excluding carboxylic acids is 2. The first-order valence-electron chi connectivity index (χ1n) is 14.7. The first kappa shape index (κ1) is 32.4. The SMILES string of the molecule is CC(C)(C)OC(=O)COCCCCC#Cc1ccc2c(c1)C(=O)N([C@H]1C(C)(C)[C@H](Oc3ccc(C#N)c(Cl)c3)C1(C)C)C2. The van der Waals surface area contributed by atoms with E-state index in [-0.39, 0.29) is 41.5 Å². The first-order valence-corrected chi connectivity index (χ1v) is 15.1. The Kier molecular flexibility index (Phi) is 9.50. The van der Waals surface area contributed by atoms with Gasteiger partial charge in [0, 0.05) is 53.6 Å². The minimum absolute atomic E-state index is 0.0202. The van der Waals surface area contributed by atoms with E-state index in [0.717, 1.165) is 24.0 Å². The van der Waals surface area contributed by atoms with Crippen molar-refractivity contribution in [3.8, 4) is 23.7 Å². The maximum atomic E-state index is 13.7. The van der Waals surface area contributed by atoms with E-state index in [0.29, 0.717) is 41.5 Å². The van der Waals surface area contributed by atoms with Gasteiger partial charge in [-0.25, -0.2) is 4.79 Å². The molecule has 8 heteroatoms. The summed E-state index contributed by atoms with van der Waals surface area (Å²) in [4.78, 5) is 27.4. The summed E-state index contributed by atoms with van der Waals surface area (Å²) < 4.78 is 17.0. The van der Waals surface area contributed by atoms with Gasteiger partial charge >= 0.3 is 5.97 Å². The van der Waals surface area contributed by atoms with Crippen molar-refractivity contribution in [3.05, 3.63) is 63.7 Å². The van der Waals surface area contributed by atoms with Crippen molar-refractivity contribution in [2.45, 2.75) is 92.0 Å². The Bertz CT molecular complexity index is 1470. The molecule has 2 aliphatic rings. The molecule has 0 bridgehead atoms. The van der Waals surface area contributed by atoms with Crippen molar-refractivity contribution >= 4 is 23.5 Å². The molecule has 0 saturated heterocycles. The number of ether oxygens (including phenoxy) is 3. The van der Waals surface area contributed by atoms with Crippen LogP contribution in [-0.4, -0.2) is 47.7 Å². The highest BCUT2D eigenvalue weighted by atomic mass is 35.5. The Hall–Kier alpha value is -3.52. The van der Waals surface area contributed by atoms with Crippen LogP contribution in [0.25, 0.3) is 0 Å². The number of amides is 1. The van der Waals surface area contributed by atoms with E-state index in [1.54, 1.807) is 18.2 Å². The second-order valence-electron chi connectivity index (χ2n) is 13.5. The number of hydrogen-bond donors (Lipinski definition) is 0. The zero-order chi connectivity index (χ0) is 31.6. The molecule has 1 heterocycles. The van der Waals surface area contributed by atoms with Gasteiger partial charge in [-0.2, -0.15) is 5.26 Å². The van der Waals surface area contributed by atoms with Crippen LogP contribution in [0, 0.1) is 34.0 Å². The molecule has 1 saturated carbocycles. The Morgan fingerprint density at radius 1 is 1.09 bits per heavy atom. The van der Waals surface area contributed by atoms with Crippen LogP contribution in [0.1, 0.15) is 94.8 Å². The lowest BCUT2D eigenvalue weighted by molar-refractivity contribution is -0.199. The predicted molar refractivity (Wildman–Crippen MR) is 166 cm³/mol. The lowest BCUT2D eigenvalue weighted by Gasteiger charge is -2.65. The molecule has 0 spiro atoms. The number of nitriles is 1. The zero-order valence-corrected chi connectivity index (χ0v) is 26.9. The molecular formula is C35H41ClN2O5. The predicted octanol–water partition coefficient (Wildman–Crippen LogP) is 6.93. The fourth-order valence-corrected chi connectivity index (χ4v) is 6.94. The van der Waals surface area contributed by atoms with Crippen molar-refractivity contribution in [2.75, 3.05) is 13.2 Å². The van der Waals surface area contributed by atoms with Gasteiger partial charge in [0.25, 0.3) is 5.91 Å². The lowest BCUT2D eigenvalue weighted by atomic mass is 9.49. The first-order chi connectivity index (χ1) is 20.1. The summed E-state index contributed by atoms with van der Waals surface area (Å²) in [6.07, 6.45) is 2.19. The smallest absolute Gasteiger partial charge is 0.332 e. The standard InChI is InChI=1S/C35H41ClN2O5/c1-33(2,3)43-29(39)22-41-17-11-9-8-10-12-23-13-14-25-21-38(30(40)27(25)18-23)31-34(4,5)32(35(31,6)7)42-26-16-15-24(20-37)28(36)19-26/h13-16,18-19,31-32H,8-9,11,17,21-22H2,1-7H3/t31-,32-. The third-order valence-corrected chi connectivity index (χ3v) is 8.36. The Balaban J connectivity index is 1.31. The molecule has 0 unspecified atom stereocenters. The van der Waals surface area contributed by atoms with Gasteiger partial charge in [0.05, 0.1) is 10.6 Å². The summed E-state index contributed by atoms with van der Waals surface area (Å²) >= 11 is 6.24. The molecular weight excluding hydrogens is 564 g/mol. The van der Waals surface area contributed by atoms with Gasteiger partial charge in [-0.05, 0) is 63.4 Å². The minimum atomic E-state index is -0.511. The van der Waals surface area contributed by atoms with Crippen LogP contribution < -0.4 is 4.74 Å². The molecule has 7 nitrogen and oxygen atoms in total. The van der Waals surface area contributed by atoms with Gasteiger partial charge < -0.3 is 19.1 Å². The minimum Gasteiger partial charge on any atom is -0.489 e. The number of unbranched alkanes of at least 4 members (excludes halogenated alkanes) is 2. The van der Waals surface area contributed by atoms with E-state index in [4.69, 9.17) is 25.8 Å². The van der Waals surface area contributed by atoms with E-state index in [2.05, 4.69) is 45.6 Å². The van der Waals surface area contributed by atoms with Crippen LogP contribution in [-0.2, 0) is 20.8 Å². The van der Waals surface area contributed by atoms with Crippen LogP contribution in [0.3, 0.4) is 0 Å². The van der Waals surface area contributed by atoms with Crippen LogP contribution in [0.5, 0.6) is 5.75 Å². The second kappa shape index (κ2) is 12.6. The molecule has 0 N–H and O–H groups in total. The Morgan fingerprint density at radius 2 is 1.81 bits per heavy atom. The quantitative estimate of drug-likeness (QED) is 0.175. The Morgan fingerprint density at radius 3 is 2.47 bits per heavy atom. The molecule has 228 valence electrons. The molecule has 4 rings (SSSR count). The number of halogens is 1. The molecule has 2 aromatic carbocycles. The second-order valence-corrected chi connectivity index (χ2v) is 13.9. The lowest BCUT2D eigenvalue weighted by Crippen LogP contribution is -2.74. The molecule has 1 fully saturated rings. The highest BCUT2D eigenvalue weighted by Crippen LogP contribution is 2.59. The summed E-state index contributed by atoms with van der Waals surface area (Å²) in [6.45, 7) is 15.0. The number of rotatable bonds is 9. The van der Waals surface area contributed by atoms with E-state index in [1.165, 1.54) is 0 Å². The number of carbonyl (C=O) groups is 2. The molecule has 0 atom stereocenters. The summed E-state index contributed by atoms with van der Waals surface area (Å²) in [6, 6.07) is 13.0. The van der Waals surface area contributed by atoms with Gasteiger partial charge in [-0.15, -0.1) is 0 Å². The van der Waals surface area contributed by atoms with Crippen LogP contribution in [0.15, 0.2) is 36.4 Å². The third-order valence-electron chi connectivity index (χ3n) is 8.04. The zero-order valence-electron chi connectivity index (χ0n) is 26.2. The largest absolute Gasteiger partial charge is 0.489 e. The summed E-state index contributed by atoms with van der Waals surface area (Å²) in [5.74, 6) is 6.66. The number of hydrogen-bond acceptors (Lipinski definition) is 6. The summed E-state index contributed by atoms with van der Waals surface area (Å²) in [5, 5.41) is 9.54. The van der Waals surface area contributed by atoms with Gasteiger partial charge in [-0.3, -0.25) is 4.79 Å². The maximum absolute atomic E-state index is 13.7. The normalized spacial score (nSPS) is 19.9. The monoisotopic (exact) mass is 604 g/mol. The van der Waals surface area contributed by atoms with E-state index < -0.39 is 5.60 Å². The summed E-state index contributed by atoms with van der Waals surface area (Å²) in [7, 11) is 0. The molecule has 0 radical (unpaired) electrons. The van der Waals surface area contributed by atoms with Crippen LogP contribution >= 0.6 is 11.6 Å². The van der Waals surface area contributed by atoms with Crippen molar-refractivity contribution in [1.29, 1.82) is 5.26 Å². The van der Waals surface area contributed by atoms with E-state index >= 15 is 0 Å². The van der Waals surface area contributed by atoms with Crippen LogP contribution in [0.4, 0.5) is 0 Å². The van der Waals surface area contributed by atoms with Crippen molar-refractivity contribution in [1.82, 2.24) is 4.90 Å². The maximum Gasteiger partial charge on any atom is 0.332 e. The van der Waals surface area contributed by atoms with Gasteiger partial charge in [0.15, 0.2) is 0 Å². The fourth-order valence-electron chi connectivity index (χ4n) is 6.73. The Labute approximate surface area is 260 Å². The highest BCUT2D eigenvalue weighted by molar-refractivity contribution is 6.31. The number of benzene rings is 2. The summed E-state index contributed by atoms with van der Waals surface area (Å²) in [5.41, 5.74) is 1.79. The molecule has 0 aromatic heterocycles. The van der Waals surface area contributed by atoms with Crippen molar-refractivity contribution in [2.24, 2.45) is 10.8 Å². The average Bonchev–Trinajstić information content (AvgIpc) is 3.22. The average molecular weight is 605 g/mol. The molecule has 1 aliphatic carbocycles. The topological polar surface area (TPSA) is 88.9 Å². The van der Waals surface area contributed by atoms with Crippen molar-refractivity contribution < 1.29 is 23.8 Å². The number of nitrogens with zero attached hydrogens (tertiary/aromatic N) is 2. The molecule has 1 aliphatic heterocycles.